The molecule has 0 saturated heterocycles. The van der Waals surface area contributed by atoms with Gasteiger partial charge >= 0.3 is 6.18 Å². The fourth-order valence-electron chi connectivity index (χ4n) is 1.88. The number of nitrogens with zero attached hydrogens (tertiary/aromatic N) is 3. The van der Waals surface area contributed by atoms with Crippen molar-refractivity contribution in [1.82, 2.24) is 14.8 Å². The van der Waals surface area contributed by atoms with Gasteiger partial charge in [0.15, 0.2) is 5.69 Å². The molecule has 1 amide bonds. The molecule has 0 spiro atoms. The molecule has 2 rings (SSSR count). The number of pyridine rings is 1. The van der Waals surface area contributed by atoms with E-state index in [0.717, 1.165) is 6.07 Å². The molecule has 0 aliphatic carbocycles. The molecule has 0 aliphatic heterocycles. The molecule has 0 saturated carbocycles. The van der Waals surface area contributed by atoms with Gasteiger partial charge in [0.1, 0.15) is 0 Å². The van der Waals surface area contributed by atoms with Crippen molar-refractivity contribution < 1.29 is 18.0 Å². The summed E-state index contributed by atoms with van der Waals surface area (Å²) in [5, 5.41) is 6.16. The van der Waals surface area contributed by atoms with Crippen molar-refractivity contribution in [3.63, 3.8) is 0 Å². The second-order valence-electron chi connectivity index (χ2n) is 4.98. The van der Waals surface area contributed by atoms with Crippen LogP contribution in [-0.2, 0) is 17.5 Å². The van der Waals surface area contributed by atoms with Gasteiger partial charge in [-0.15, -0.1) is 0 Å². The number of amides is 1. The zero-order valence-electron chi connectivity index (χ0n) is 12.1. The van der Waals surface area contributed by atoms with E-state index in [1.54, 1.807) is 25.3 Å². The van der Waals surface area contributed by atoms with E-state index in [9.17, 15) is 18.0 Å². The molecule has 0 aliphatic rings. The molecule has 118 valence electrons. The first-order valence-electron chi connectivity index (χ1n) is 6.60. The molecule has 2 aromatic heterocycles. The summed E-state index contributed by atoms with van der Waals surface area (Å²) in [7, 11) is 0. The first kappa shape index (κ1) is 16.0. The molecule has 22 heavy (non-hydrogen) atoms. The molecule has 2 heterocycles. The van der Waals surface area contributed by atoms with E-state index in [-0.39, 0.29) is 12.5 Å². The minimum absolute atomic E-state index is 0.0635. The summed E-state index contributed by atoms with van der Waals surface area (Å²) < 4.78 is 39.0. The van der Waals surface area contributed by atoms with Crippen molar-refractivity contribution in [3.8, 4) is 0 Å². The maximum Gasteiger partial charge on any atom is 0.435 e. The molecule has 0 fully saturated rings. The highest BCUT2D eigenvalue weighted by Crippen LogP contribution is 2.28. The van der Waals surface area contributed by atoms with Crippen LogP contribution in [0.15, 0.2) is 30.6 Å². The highest BCUT2D eigenvalue weighted by atomic mass is 19.4. The Bertz CT molecular complexity index is 652. The molecule has 0 bridgehead atoms. The van der Waals surface area contributed by atoms with E-state index >= 15 is 0 Å². The summed E-state index contributed by atoms with van der Waals surface area (Å²) in [5.41, 5.74) is -0.0641. The summed E-state index contributed by atoms with van der Waals surface area (Å²) in [6, 6.07) is 4.32. The van der Waals surface area contributed by atoms with Crippen LogP contribution in [0.5, 0.6) is 0 Å². The highest BCUT2D eigenvalue weighted by molar-refractivity contribution is 5.92. The number of rotatable bonds is 4. The molecule has 0 radical (unpaired) electrons. The van der Waals surface area contributed by atoms with E-state index in [2.05, 4.69) is 15.4 Å². The Labute approximate surface area is 125 Å². The van der Waals surface area contributed by atoms with Crippen LogP contribution in [0.4, 0.5) is 18.9 Å². The SMILES string of the molecule is Cc1cc(C(F)(F)F)nn1C[C@@H](C)C(=O)Nc1cccnc1. The first-order chi connectivity index (χ1) is 10.3. The molecule has 8 heteroatoms. The van der Waals surface area contributed by atoms with Crippen molar-refractivity contribution in [2.75, 3.05) is 5.32 Å². The normalized spacial score (nSPS) is 13.0. The number of hydrogen-bond acceptors (Lipinski definition) is 3. The van der Waals surface area contributed by atoms with Crippen molar-refractivity contribution in [3.05, 3.63) is 42.0 Å². The number of nitrogens with one attached hydrogen (secondary N) is 1. The Morgan fingerprint density at radius 2 is 2.18 bits per heavy atom. The zero-order valence-corrected chi connectivity index (χ0v) is 12.1. The standard InChI is InChI=1S/C14H15F3N4O/c1-9(13(22)19-11-4-3-5-18-7-11)8-21-10(2)6-12(20-21)14(15,16)17/h3-7,9H,8H2,1-2H3,(H,19,22)/t9-/m1/s1. The number of carbonyl (C=O) groups excluding carboxylic acids is 1. The minimum atomic E-state index is -4.49. The summed E-state index contributed by atoms with van der Waals surface area (Å²) in [5.74, 6) is -0.851. The quantitative estimate of drug-likeness (QED) is 0.944. The van der Waals surface area contributed by atoms with Crippen molar-refractivity contribution >= 4 is 11.6 Å². The number of anilines is 1. The third-order valence-electron chi connectivity index (χ3n) is 3.10. The van der Waals surface area contributed by atoms with Crippen LogP contribution in [0, 0.1) is 12.8 Å². The number of hydrogen-bond donors (Lipinski definition) is 1. The maximum atomic E-state index is 12.6. The third-order valence-corrected chi connectivity index (χ3v) is 3.10. The van der Waals surface area contributed by atoms with Crippen LogP contribution in [0.25, 0.3) is 0 Å². The predicted molar refractivity (Wildman–Crippen MR) is 74.0 cm³/mol. The fourth-order valence-corrected chi connectivity index (χ4v) is 1.88. The lowest BCUT2D eigenvalue weighted by Crippen LogP contribution is -2.25. The van der Waals surface area contributed by atoms with Gasteiger partial charge in [-0.2, -0.15) is 18.3 Å². The van der Waals surface area contributed by atoms with Crippen LogP contribution >= 0.6 is 0 Å². The zero-order chi connectivity index (χ0) is 16.3. The minimum Gasteiger partial charge on any atom is -0.324 e. The van der Waals surface area contributed by atoms with Gasteiger partial charge in [-0.25, -0.2) is 0 Å². The number of halogens is 3. The van der Waals surface area contributed by atoms with Gasteiger partial charge in [0.05, 0.1) is 24.3 Å². The Morgan fingerprint density at radius 3 is 2.73 bits per heavy atom. The summed E-state index contributed by atoms with van der Waals surface area (Å²) in [6.45, 7) is 3.21. The fraction of sp³-hybridized carbons (Fsp3) is 0.357. The molecule has 0 unspecified atom stereocenters. The molecule has 1 N–H and O–H groups in total. The Balaban J connectivity index is 2.04. The first-order valence-corrected chi connectivity index (χ1v) is 6.60. The lowest BCUT2D eigenvalue weighted by atomic mass is 10.1. The van der Waals surface area contributed by atoms with Gasteiger partial charge < -0.3 is 5.32 Å². The van der Waals surface area contributed by atoms with Gasteiger partial charge in [-0.05, 0) is 25.1 Å². The molecule has 0 aromatic carbocycles. The molecule has 2 aromatic rings. The van der Waals surface area contributed by atoms with E-state index < -0.39 is 17.8 Å². The van der Waals surface area contributed by atoms with Gasteiger partial charge in [-0.1, -0.05) is 6.92 Å². The van der Waals surface area contributed by atoms with Gasteiger partial charge in [-0.3, -0.25) is 14.5 Å². The topological polar surface area (TPSA) is 59.8 Å². The highest BCUT2D eigenvalue weighted by Gasteiger charge is 2.34. The lowest BCUT2D eigenvalue weighted by Gasteiger charge is -2.13. The van der Waals surface area contributed by atoms with Crippen molar-refractivity contribution in [2.24, 2.45) is 5.92 Å². The third kappa shape index (κ3) is 3.84. The molecular formula is C14H15F3N4O. The van der Waals surface area contributed by atoms with Crippen LogP contribution in [0.1, 0.15) is 18.3 Å². The molecule has 1 atom stereocenters. The maximum absolute atomic E-state index is 12.6. The van der Waals surface area contributed by atoms with Crippen LogP contribution in [0.3, 0.4) is 0 Å². The smallest absolute Gasteiger partial charge is 0.324 e. The Kier molecular flexibility index (Phi) is 4.48. The average Bonchev–Trinajstić information content (AvgIpc) is 2.81. The monoisotopic (exact) mass is 312 g/mol. The number of aryl methyl sites for hydroxylation is 1. The van der Waals surface area contributed by atoms with Gasteiger partial charge in [0.25, 0.3) is 0 Å². The van der Waals surface area contributed by atoms with Gasteiger partial charge in [0, 0.05) is 11.9 Å². The van der Waals surface area contributed by atoms with E-state index in [0.29, 0.717) is 11.4 Å². The van der Waals surface area contributed by atoms with E-state index in [4.69, 9.17) is 0 Å². The average molecular weight is 312 g/mol. The Morgan fingerprint density at radius 1 is 1.45 bits per heavy atom. The Hall–Kier alpha value is -2.38. The van der Waals surface area contributed by atoms with E-state index in [1.807, 2.05) is 0 Å². The lowest BCUT2D eigenvalue weighted by molar-refractivity contribution is -0.141. The largest absolute Gasteiger partial charge is 0.435 e. The van der Waals surface area contributed by atoms with Crippen LogP contribution < -0.4 is 5.32 Å². The van der Waals surface area contributed by atoms with Crippen LogP contribution in [-0.4, -0.2) is 20.7 Å². The summed E-state index contributed by atoms with van der Waals surface area (Å²) in [4.78, 5) is 15.9. The number of alkyl halides is 3. The number of aromatic nitrogens is 3. The van der Waals surface area contributed by atoms with E-state index in [1.165, 1.54) is 17.8 Å². The summed E-state index contributed by atoms with van der Waals surface area (Å²) in [6.07, 6.45) is -1.42. The molecular weight excluding hydrogens is 297 g/mol. The predicted octanol–water partition coefficient (Wildman–Crippen LogP) is 2.88. The molecule has 5 nitrogen and oxygen atoms in total. The second-order valence-corrected chi connectivity index (χ2v) is 4.98. The second kappa shape index (κ2) is 6.17. The van der Waals surface area contributed by atoms with Crippen molar-refractivity contribution in [1.29, 1.82) is 0 Å². The van der Waals surface area contributed by atoms with Crippen LogP contribution in [0.2, 0.25) is 0 Å². The van der Waals surface area contributed by atoms with Crippen molar-refractivity contribution in [2.45, 2.75) is 26.6 Å². The van der Waals surface area contributed by atoms with Gasteiger partial charge in [0.2, 0.25) is 5.91 Å². The number of carbonyl (C=O) groups is 1. The summed E-state index contributed by atoms with van der Waals surface area (Å²) >= 11 is 0.